The SMILES string of the molecule is CC(Oc1ccc(Oc2ccc(C(F)(F)F)cc2)cc1)C(=O)N1CCN(c2ccc(C(F)(F)F)cn2)CC1. The fourth-order valence-corrected chi connectivity index (χ4v) is 3.84. The second-order valence-electron chi connectivity index (χ2n) is 8.57. The van der Waals surface area contributed by atoms with E-state index < -0.39 is 29.6 Å². The summed E-state index contributed by atoms with van der Waals surface area (Å²) in [5, 5.41) is 0. The standard InChI is InChI=1S/C26H23F6N3O3/c1-17(24(36)35-14-12-34(13-15-35)23-11-4-19(16-33-23)26(30,31)32)37-20-7-9-22(10-8-20)38-21-5-2-18(3-6-21)25(27,28)29/h2-11,16-17H,12-15H2,1H3. The van der Waals surface area contributed by atoms with E-state index in [1.54, 1.807) is 36.1 Å². The Kier molecular flexibility index (Phi) is 7.70. The number of nitrogens with zero attached hydrogens (tertiary/aromatic N) is 3. The van der Waals surface area contributed by atoms with Gasteiger partial charge in [-0.25, -0.2) is 4.98 Å². The summed E-state index contributed by atoms with van der Waals surface area (Å²) in [4.78, 5) is 20.2. The average molecular weight is 539 g/mol. The molecule has 6 nitrogen and oxygen atoms in total. The van der Waals surface area contributed by atoms with Crippen LogP contribution in [0.3, 0.4) is 0 Å². The van der Waals surface area contributed by atoms with Crippen molar-refractivity contribution in [2.45, 2.75) is 25.4 Å². The zero-order chi connectivity index (χ0) is 27.5. The molecule has 4 rings (SSSR count). The maximum absolute atomic E-state index is 12.8. The smallest absolute Gasteiger partial charge is 0.417 e. The minimum absolute atomic E-state index is 0.237. The molecule has 1 atom stereocenters. The van der Waals surface area contributed by atoms with Crippen LogP contribution in [0.15, 0.2) is 66.9 Å². The molecule has 1 amide bonds. The Bertz CT molecular complexity index is 1220. The van der Waals surface area contributed by atoms with Crippen LogP contribution < -0.4 is 14.4 Å². The second-order valence-corrected chi connectivity index (χ2v) is 8.57. The molecule has 0 radical (unpaired) electrons. The van der Waals surface area contributed by atoms with E-state index in [2.05, 4.69) is 4.98 Å². The highest BCUT2D eigenvalue weighted by atomic mass is 19.4. The lowest BCUT2D eigenvalue weighted by atomic mass is 10.2. The van der Waals surface area contributed by atoms with Crippen molar-refractivity contribution in [2.75, 3.05) is 31.1 Å². The Hall–Kier alpha value is -3.96. The minimum Gasteiger partial charge on any atom is -0.481 e. The van der Waals surface area contributed by atoms with E-state index in [4.69, 9.17) is 9.47 Å². The van der Waals surface area contributed by atoms with E-state index in [9.17, 15) is 31.1 Å². The molecule has 0 bridgehead atoms. The van der Waals surface area contributed by atoms with Crippen LogP contribution >= 0.6 is 0 Å². The summed E-state index contributed by atoms with van der Waals surface area (Å²) >= 11 is 0. The molecule has 0 spiro atoms. The highest BCUT2D eigenvalue weighted by molar-refractivity contribution is 5.81. The number of rotatable bonds is 6. The molecule has 1 aliphatic heterocycles. The van der Waals surface area contributed by atoms with Crippen molar-refractivity contribution in [3.8, 4) is 17.2 Å². The Morgan fingerprint density at radius 3 is 1.76 bits per heavy atom. The van der Waals surface area contributed by atoms with Crippen LogP contribution in [-0.4, -0.2) is 48.1 Å². The Morgan fingerprint density at radius 1 is 0.763 bits per heavy atom. The van der Waals surface area contributed by atoms with Crippen molar-refractivity contribution in [2.24, 2.45) is 0 Å². The molecule has 0 aliphatic carbocycles. The fraction of sp³-hybridized carbons (Fsp3) is 0.308. The Labute approximate surface area is 214 Å². The maximum Gasteiger partial charge on any atom is 0.417 e. The van der Waals surface area contributed by atoms with Crippen LogP contribution in [0.2, 0.25) is 0 Å². The first-order valence-electron chi connectivity index (χ1n) is 11.6. The maximum atomic E-state index is 12.8. The number of amides is 1. The van der Waals surface area contributed by atoms with E-state index in [0.717, 1.165) is 24.4 Å². The molecule has 38 heavy (non-hydrogen) atoms. The highest BCUT2D eigenvalue weighted by Crippen LogP contribution is 2.32. The summed E-state index contributed by atoms with van der Waals surface area (Å²) in [7, 11) is 0. The number of halogens is 6. The monoisotopic (exact) mass is 539 g/mol. The molecule has 3 aromatic rings. The van der Waals surface area contributed by atoms with Crippen molar-refractivity contribution in [3.05, 3.63) is 78.0 Å². The number of alkyl halides is 6. The van der Waals surface area contributed by atoms with Gasteiger partial charge >= 0.3 is 12.4 Å². The van der Waals surface area contributed by atoms with E-state index in [-0.39, 0.29) is 11.7 Å². The van der Waals surface area contributed by atoms with Gasteiger partial charge in [-0.05, 0) is 67.6 Å². The zero-order valence-corrected chi connectivity index (χ0v) is 20.1. The van der Waals surface area contributed by atoms with E-state index in [1.807, 2.05) is 4.90 Å². The number of aromatic nitrogens is 1. The normalized spacial score (nSPS) is 15.2. The van der Waals surface area contributed by atoms with E-state index >= 15 is 0 Å². The van der Waals surface area contributed by atoms with Gasteiger partial charge in [0, 0.05) is 32.4 Å². The number of hydrogen-bond acceptors (Lipinski definition) is 5. The van der Waals surface area contributed by atoms with Gasteiger partial charge in [-0.1, -0.05) is 0 Å². The first-order chi connectivity index (χ1) is 17.9. The molecule has 1 unspecified atom stereocenters. The predicted molar refractivity (Wildman–Crippen MR) is 126 cm³/mol. The fourth-order valence-electron chi connectivity index (χ4n) is 3.84. The number of piperazine rings is 1. The Balaban J connectivity index is 1.27. The summed E-state index contributed by atoms with van der Waals surface area (Å²) in [6.45, 7) is 3.14. The predicted octanol–water partition coefficient (Wildman–Crippen LogP) is 6.03. The molecule has 1 aromatic heterocycles. The highest BCUT2D eigenvalue weighted by Gasteiger charge is 2.32. The van der Waals surface area contributed by atoms with Gasteiger partial charge in [0.1, 0.15) is 23.1 Å². The van der Waals surface area contributed by atoms with Gasteiger partial charge in [-0.2, -0.15) is 26.3 Å². The molecule has 0 N–H and O–H groups in total. The number of pyridine rings is 1. The van der Waals surface area contributed by atoms with Crippen molar-refractivity contribution < 1.29 is 40.6 Å². The molecular weight excluding hydrogens is 516 g/mol. The number of anilines is 1. The number of hydrogen-bond donors (Lipinski definition) is 0. The summed E-state index contributed by atoms with van der Waals surface area (Å²) in [6, 6.07) is 12.9. The summed E-state index contributed by atoms with van der Waals surface area (Å²) in [6.07, 6.45) is -8.88. The minimum atomic E-state index is -4.45. The molecule has 1 saturated heterocycles. The van der Waals surface area contributed by atoms with Crippen LogP contribution in [0.5, 0.6) is 17.2 Å². The number of carbonyl (C=O) groups excluding carboxylic acids is 1. The molecule has 12 heteroatoms. The molecule has 1 aliphatic rings. The third kappa shape index (κ3) is 6.67. The summed E-state index contributed by atoms with van der Waals surface area (Å²) < 4.78 is 87.6. The lowest BCUT2D eigenvalue weighted by Crippen LogP contribution is -2.52. The number of carbonyl (C=O) groups is 1. The third-order valence-corrected chi connectivity index (χ3v) is 5.89. The van der Waals surface area contributed by atoms with Crippen molar-refractivity contribution in [3.63, 3.8) is 0 Å². The van der Waals surface area contributed by atoms with Crippen LogP contribution in [-0.2, 0) is 17.1 Å². The topological polar surface area (TPSA) is 54.9 Å². The third-order valence-electron chi connectivity index (χ3n) is 5.89. The summed E-state index contributed by atoms with van der Waals surface area (Å²) in [5.74, 6) is 1.19. The molecule has 1 fully saturated rings. The first kappa shape index (κ1) is 27.1. The van der Waals surface area contributed by atoms with Gasteiger partial charge < -0.3 is 19.3 Å². The lowest BCUT2D eigenvalue weighted by Gasteiger charge is -2.36. The van der Waals surface area contributed by atoms with Gasteiger partial charge in [-0.3, -0.25) is 4.79 Å². The van der Waals surface area contributed by atoms with Gasteiger partial charge in [0.15, 0.2) is 6.10 Å². The van der Waals surface area contributed by atoms with Gasteiger partial charge in [-0.15, -0.1) is 0 Å². The van der Waals surface area contributed by atoms with Gasteiger partial charge in [0.05, 0.1) is 11.1 Å². The number of benzene rings is 2. The first-order valence-corrected chi connectivity index (χ1v) is 11.6. The molecular formula is C26H23F6N3O3. The molecule has 2 heterocycles. The van der Waals surface area contributed by atoms with E-state index in [0.29, 0.717) is 43.5 Å². The van der Waals surface area contributed by atoms with Crippen LogP contribution in [0.4, 0.5) is 32.2 Å². The van der Waals surface area contributed by atoms with Crippen molar-refractivity contribution in [1.82, 2.24) is 9.88 Å². The zero-order valence-electron chi connectivity index (χ0n) is 20.1. The number of ether oxygens (including phenoxy) is 2. The summed E-state index contributed by atoms with van der Waals surface area (Å²) in [5.41, 5.74) is -1.59. The van der Waals surface area contributed by atoms with E-state index in [1.165, 1.54) is 18.2 Å². The van der Waals surface area contributed by atoms with Crippen LogP contribution in [0.25, 0.3) is 0 Å². The average Bonchev–Trinajstić information content (AvgIpc) is 2.89. The lowest BCUT2D eigenvalue weighted by molar-refractivity contribution is -0.138. The van der Waals surface area contributed by atoms with Crippen LogP contribution in [0, 0.1) is 0 Å². The second kappa shape index (κ2) is 10.8. The van der Waals surface area contributed by atoms with Crippen molar-refractivity contribution >= 4 is 11.7 Å². The molecule has 2 aromatic carbocycles. The quantitative estimate of drug-likeness (QED) is 0.358. The van der Waals surface area contributed by atoms with Crippen LogP contribution in [0.1, 0.15) is 18.1 Å². The Morgan fingerprint density at radius 2 is 1.26 bits per heavy atom. The van der Waals surface area contributed by atoms with Crippen molar-refractivity contribution in [1.29, 1.82) is 0 Å². The van der Waals surface area contributed by atoms with Gasteiger partial charge in [0.2, 0.25) is 0 Å². The molecule has 0 saturated carbocycles. The van der Waals surface area contributed by atoms with Gasteiger partial charge in [0.25, 0.3) is 5.91 Å². The molecule has 202 valence electrons. The largest absolute Gasteiger partial charge is 0.481 e.